The standard InChI is InChI=1S/C9H14N4O2/c1-9(2,3)7(14)8(12-15-4)13-6-10-5-11-13/h5-6H,1-4H3. The van der Waals surface area contributed by atoms with E-state index < -0.39 is 5.41 Å². The fourth-order valence-corrected chi connectivity index (χ4v) is 0.927. The van der Waals surface area contributed by atoms with Crippen molar-refractivity contribution in [2.24, 2.45) is 10.6 Å². The van der Waals surface area contributed by atoms with E-state index in [1.807, 2.05) is 0 Å². The number of rotatable bonds is 2. The molecule has 0 spiro atoms. The highest BCUT2D eigenvalue weighted by Crippen LogP contribution is 2.15. The Balaban J connectivity index is 3.06. The van der Waals surface area contributed by atoms with Gasteiger partial charge < -0.3 is 4.84 Å². The smallest absolute Gasteiger partial charge is 0.238 e. The van der Waals surface area contributed by atoms with E-state index in [0.717, 1.165) is 0 Å². The Hall–Kier alpha value is -1.72. The summed E-state index contributed by atoms with van der Waals surface area (Å²) in [5.74, 6) is -0.0302. The van der Waals surface area contributed by atoms with Crippen LogP contribution in [0.4, 0.5) is 0 Å². The molecule has 0 aliphatic rings. The zero-order valence-corrected chi connectivity index (χ0v) is 9.26. The summed E-state index contributed by atoms with van der Waals surface area (Å²) in [7, 11) is 1.38. The second-order valence-electron chi connectivity index (χ2n) is 4.02. The van der Waals surface area contributed by atoms with Crippen LogP contribution < -0.4 is 0 Å². The van der Waals surface area contributed by atoms with Crippen molar-refractivity contribution >= 4 is 11.6 Å². The predicted octanol–water partition coefficient (Wildman–Crippen LogP) is 0.701. The van der Waals surface area contributed by atoms with Gasteiger partial charge in [-0.2, -0.15) is 9.78 Å². The summed E-state index contributed by atoms with van der Waals surface area (Å²) in [5, 5.41) is 7.50. The number of nitrogens with zero attached hydrogens (tertiary/aromatic N) is 4. The topological polar surface area (TPSA) is 69.4 Å². The van der Waals surface area contributed by atoms with Crippen LogP contribution in [0, 0.1) is 5.41 Å². The Morgan fingerprint density at radius 3 is 2.53 bits per heavy atom. The lowest BCUT2D eigenvalue weighted by Gasteiger charge is -2.16. The van der Waals surface area contributed by atoms with Gasteiger partial charge >= 0.3 is 0 Å². The monoisotopic (exact) mass is 210 g/mol. The first-order valence-corrected chi connectivity index (χ1v) is 4.47. The molecule has 0 radical (unpaired) electrons. The highest BCUT2D eigenvalue weighted by atomic mass is 16.6. The van der Waals surface area contributed by atoms with E-state index in [9.17, 15) is 4.79 Å². The number of hydrogen-bond donors (Lipinski definition) is 0. The molecule has 1 aromatic heterocycles. The number of aromatic nitrogens is 3. The van der Waals surface area contributed by atoms with Crippen molar-refractivity contribution in [1.29, 1.82) is 0 Å². The van der Waals surface area contributed by atoms with E-state index >= 15 is 0 Å². The van der Waals surface area contributed by atoms with Crippen LogP contribution in [0.25, 0.3) is 0 Å². The summed E-state index contributed by atoms with van der Waals surface area (Å²) in [6.45, 7) is 5.41. The molecule has 0 amide bonds. The van der Waals surface area contributed by atoms with Gasteiger partial charge in [0, 0.05) is 5.41 Å². The molecule has 0 N–H and O–H groups in total. The second-order valence-corrected chi connectivity index (χ2v) is 4.02. The Labute approximate surface area is 87.9 Å². The van der Waals surface area contributed by atoms with E-state index in [-0.39, 0.29) is 11.6 Å². The predicted molar refractivity (Wildman–Crippen MR) is 54.3 cm³/mol. The van der Waals surface area contributed by atoms with Crippen LogP contribution in [0.3, 0.4) is 0 Å². The first kappa shape index (κ1) is 11.4. The van der Waals surface area contributed by atoms with Crippen LogP contribution in [0.2, 0.25) is 0 Å². The Bertz CT molecular complexity index is 362. The van der Waals surface area contributed by atoms with Gasteiger partial charge in [-0.05, 0) is 0 Å². The summed E-state index contributed by atoms with van der Waals surface area (Å²) in [4.78, 5) is 20.3. The average molecular weight is 210 g/mol. The van der Waals surface area contributed by atoms with E-state index in [2.05, 4.69) is 20.1 Å². The van der Waals surface area contributed by atoms with Crippen molar-refractivity contribution in [3.8, 4) is 0 Å². The molecule has 0 unspecified atom stereocenters. The number of Topliss-reactive ketones (excluding diaryl/α,β-unsaturated/α-hetero) is 1. The third-order valence-electron chi connectivity index (χ3n) is 1.70. The molecule has 0 fully saturated rings. The number of oxime groups is 1. The molecular formula is C9H14N4O2. The van der Waals surface area contributed by atoms with E-state index in [1.165, 1.54) is 24.4 Å². The van der Waals surface area contributed by atoms with Gasteiger partial charge in [0.15, 0.2) is 0 Å². The normalized spacial score (nSPS) is 12.7. The first-order valence-electron chi connectivity index (χ1n) is 4.47. The average Bonchev–Trinajstić information content (AvgIpc) is 2.64. The lowest BCUT2D eigenvalue weighted by molar-refractivity contribution is -0.120. The molecule has 1 heterocycles. The molecule has 0 bridgehead atoms. The quantitative estimate of drug-likeness (QED) is 0.409. The fraction of sp³-hybridized carbons (Fsp3) is 0.556. The molecule has 0 aromatic carbocycles. The van der Waals surface area contributed by atoms with Crippen molar-refractivity contribution in [3.63, 3.8) is 0 Å². The van der Waals surface area contributed by atoms with Crippen LogP contribution in [0.1, 0.15) is 20.8 Å². The van der Waals surface area contributed by atoms with E-state index in [4.69, 9.17) is 0 Å². The maximum atomic E-state index is 12.0. The van der Waals surface area contributed by atoms with Crippen LogP contribution in [0.15, 0.2) is 17.8 Å². The molecular weight excluding hydrogens is 196 g/mol. The molecule has 6 heteroatoms. The molecule has 1 rings (SSSR count). The zero-order chi connectivity index (χ0) is 11.5. The lowest BCUT2D eigenvalue weighted by Crippen LogP contribution is -2.33. The number of ketones is 1. The number of carbonyl (C=O) groups excluding carboxylic acids is 1. The van der Waals surface area contributed by atoms with Gasteiger partial charge in [-0.25, -0.2) is 4.98 Å². The Morgan fingerprint density at radius 1 is 1.47 bits per heavy atom. The number of carbonyl (C=O) groups is 1. The summed E-state index contributed by atoms with van der Waals surface area (Å²) in [6.07, 6.45) is 2.74. The Morgan fingerprint density at radius 2 is 2.13 bits per heavy atom. The summed E-state index contributed by atoms with van der Waals surface area (Å²) < 4.78 is 1.29. The van der Waals surface area contributed by atoms with Crippen molar-refractivity contribution in [1.82, 2.24) is 14.8 Å². The Kier molecular flexibility index (Phi) is 3.18. The molecule has 0 atom stereocenters. The van der Waals surface area contributed by atoms with Crippen molar-refractivity contribution in [2.45, 2.75) is 20.8 Å². The first-order chi connectivity index (χ1) is 6.96. The number of hydrogen-bond acceptors (Lipinski definition) is 5. The molecule has 0 aliphatic carbocycles. The summed E-state index contributed by atoms with van der Waals surface area (Å²) >= 11 is 0. The van der Waals surface area contributed by atoms with E-state index in [1.54, 1.807) is 20.8 Å². The largest absolute Gasteiger partial charge is 0.397 e. The minimum Gasteiger partial charge on any atom is -0.397 e. The molecule has 6 nitrogen and oxygen atoms in total. The minimum atomic E-state index is -0.538. The van der Waals surface area contributed by atoms with Gasteiger partial charge in [-0.3, -0.25) is 4.79 Å². The summed E-state index contributed by atoms with van der Waals surface area (Å²) in [6, 6.07) is 0. The maximum absolute atomic E-state index is 12.0. The van der Waals surface area contributed by atoms with Gasteiger partial charge in [0.25, 0.3) is 0 Å². The minimum absolute atomic E-state index is 0.127. The molecule has 82 valence electrons. The molecule has 0 saturated heterocycles. The molecule has 15 heavy (non-hydrogen) atoms. The molecule has 0 aliphatic heterocycles. The van der Waals surface area contributed by atoms with Gasteiger partial charge in [-0.15, -0.1) is 0 Å². The highest BCUT2D eigenvalue weighted by molar-refractivity contribution is 6.40. The van der Waals surface area contributed by atoms with Crippen molar-refractivity contribution in [3.05, 3.63) is 12.7 Å². The second kappa shape index (κ2) is 4.20. The SMILES string of the molecule is CON=C(C(=O)C(C)(C)C)n1cncn1. The van der Waals surface area contributed by atoms with Crippen molar-refractivity contribution < 1.29 is 9.63 Å². The molecule has 0 saturated carbocycles. The van der Waals surface area contributed by atoms with E-state index in [0.29, 0.717) is 0 Å². The van der Waals surface area contributed by atoms with Gasteiger partial charge in [-0.1, -0.05) is 25.9 Å². The van der Waals surface area contributed by atoms with Gasteiger partial charge in [0.1, 0.15) is 19.8 Å². The van der Waals surface area contributed by atoms with Crippen LogP contribution in [-0.4, -0.2) is 33.5 Å². The molecule has 1 aromatic rings. The fourth-order valence-electron chi connectivity index (χ4n) is 0.927. The highest BCUT2D eigenvalue weighted by Gasteiger charge is 2.28. The summed E-state index contributed by atoms with van der Waals surface area (Å²) in [5.41, 5.74) is -0.538. The van der Waals surface area contributed by atoms with Gasteiger partial charge in [0.05, 0.1) is 0 Å². The third kappa shape index (κ3) is 2.61. The van der Waals surface area contributed by atoms with Crippen LogP contribution >= 0.6 is 0 Å². The maximum Gasteiger partial charge on any atom is 0.238 e. The van der Waals surface area contributed by atoms with Crippen molar-refractivity contribution in [2.75, 3.05) is 7.11 Å². The van der Waals surface area contributed by atoms with Crippen LogP contribution in [-0.2, 0) is 9.63 Å². The zero-order valence-electron chi connectivity index (χ0n) is 9.26. The van der Waals surface area contributed by atoms with Crippen LogP contribution in [0.5, 0.6) is 0 Å². The van der Waals surface area contributed by atoms with Gasteiger partial charge in [0.2, 0.25) is 11.6 Å². The lowest BCUT2D eigenvalue weighted by atomic mass is 9.90. The third-order valence-corrected chi connectivity index (χ3v) is 1.70.